The number of fused-ring (bicyclic) bond motifs is 1. The first kappa shape index (κ1) is 16.1. The van der Waals surface area contributed by atoms with Crippen molar-refractivity contribution < 1.29 is 0 Å². The minimum absolute atomic E-state index is 0.709. The van der Waals surface area contributed by atoms with Crippen molar-refractivity contribution in [3.05, 3.63) is 12.7 Å². The molecule has 0 N–H and O–H groups in total. The Morgan fingerprint density at radius 1 is 1.15 bits per heavy atom. The molecule has 0 bridgehead atoms. The van der Waals surface area contributed by atoms with Gasteiger partial charge in [0, 0.05) is 12.1 Å². The van der Waals surface area contributed by atoms with Crippen LogP contribution in [0, 0.1) is 11.8 Å². The van der Waals surface area contributed by atoms with E-state index in [1.54, 1.807) is 0 Å². The molecule has 3 unspecified atom stereocenters. The molecule has 4 atom stereocenters. The summed E-state index contributed by atoms with van der Waals surface area (Å²) in [6.07, 6.45) is 16.4. The predicted molar refractivity (Wildman–Crippen MR) is 89.0 cm³/mol. The molecule has 2 aliphatic rings. The standard InChI is InChI=1S/C19H35N/c1-4-16(2)10-7-5-6-8-11-18-14-13-17(3)19-12-9-15-20(18)19/h4,16-19H,1,5-15H2,2-3H3/t16-,17?,18?,19?/m1/s1. The summed E-state index contributed by atoms with van der Waals surface area (Å²) in [6, 6.07) is 1.85. The number of allylic oxidation sites excluding steroid dienone is 1. The molecule has 2 saturated heterocycles. The minimum Gasteiger partial charge on any atom is -0.297 e. The van der Waals surface area contributed by atoms with Crippen LogP contribution in [0.1, 0.15) is 78.1 Å². The van der Waals surface area contributed by atoms with Crippen LogP contribution < -0.4 is 0 Å². The Morgan fingerprint density at radius 3 is 2.75 bits per heavy atom. The lowest BCUT2D eigenvalue weighted by atomic mass is 9.85. The topological polar surface area (TPSA) is 3.24 Å². The zero-order valence-electron chi connectivity index (χ0n) is 13.8. The molecule has 0 aromatic heterocycles. The van der Waals surface area contributed by atoms with Gasteiger partial charge < -0.3 is 0 Å². The molecule has 0 spiro atoms. The van der Waals surface area contributed by atoms with Crippen molar-refractivity contribution in [2.45, 2.75) is 90.1 Å². The lowest BCUT2D eigenvalue weighted by Crippen LogP contribution is -2.46. The molecule has 2 heterocycles. The van der Waals surface area contributed by atoms with Gasteiger partial charge in [0.25, 0.3) is 0 Å². The second kappa shape index (κ2) is 8.22. The normalized spacial score (nSPS) is 32.0. The third kappa shape index (κ3) is 4.35. The first-order valence-corrected chi connectivity index (χ1v) is 9.10. The molecule has 0 aliphatic carbocycles. The number of hydrogen-bond acceptors (Lipinski definition) is 1. The number of rotatable bonds is 8. The zero-order valence-corrected chi connectivity index (χ0v) is 13.8. The summed E-state index contributed by atoms with van der Waals surface area (Å²) in [4.78, 5) is 2.87. The molecule has 20 heavy (non-hydrogen) atoms. The highest BCUT2D eigenvalue weighted by molar-refractivity contribution is 4.92. The Morgan fingerprint density at radius 2 is 1.95 bits per heavy atom. The van der Waals surface area contributed by atoms with Crippen LogP contribution in [-0.2, 0) is 0 Å². The maximum absolute atomic E-state index is 3.87. The van der Waals surface area contributed by atoms with Crippen LogP contribution in [0.2, 0.25) is 0 Å². The van der Waals surface area contributed by atoms with Crippen molar-refractivity contribution in [1.29, 1.82) is 0 Å². The Hall–Kier alpha value is -0.300. The summed E-state index contributed by atoms with van der Waals surface area (Å²) in [7, 11) is 0. The van der Waals surface area contributed by atoms with E-state index in [2.05, 4.69) is 31.4 Å². The summed E-state index contributed by atoms with van der Waals surface area (Å²) in [6.45, 7) is 10.0. The number of hydrogen-bond donors (Lipinski definition) is 0. The van der Waals surface area contributed by atoms with E-state index in [0.29, 0.717) is 5.92 Å². The van der Waals surface area contributed by atoms with Crippen molar-refractivity contribution in [3.63, 3.8) is 0 Å². The van der Waals surface area contributed by atoms with E-state index >= 15 is 0 Å². The average Bonchev–Trinajstić information content (AvgIpc) is 2.95. The largest absolute Gasteiger partial charge is 0.297 e. The number of nitrogens with zero attached hydrogens (tertiary/aromatic N) is 1. The van der Waals surface area contributed by atoms with Crippen molar-refractivity contribution >= 4 is 0 Å². The number of piperidine rings is 1. The summed E-state index contributed by atoms with van der Waals surface area (Å²) < 4.78 is 0. The van der Waals surface area contributed by atoms with Crippen molar-refractivity contribution in [2.24, 2.45) is 11.8 Å². The van der Waals surface area contributed by atoms with Crippen LogP contribution in [0.5, 0.6) is 0 Å². The summed E-state index contributed by atoms with van der Waals surface area (Å²) >= 11 is 0. The van der Waals surface area contributed by atoms with Crippen molar-refractivity contribution in [3.8, 4) is 0 Å². The van der Waals surface area contributed by atoms with Gasteiger partial charge in [-0.15, -0.1) is 6.58 Å². The van der Waals surface area contributed by atoms with Crippen LogP contribution in [-0.4, -0.2) is 23.5 Å². The molecule has 0 radical (unpaired) electrons. The molecule has 0 aromatic rings. The molecule has 0 aromatic carbocycles. The molecular formula is C19H35N. The van der Waals surface area contributed by atoms with E-state index in [1.807, 2.05) is 0 Å². The second-order valence-electron chi connectivity index (χ2n) is 7.36. The molecule has 2 aliphatic heterocycles. The average molecular weight is 277 g/mol. The summed E-state index contributed by atoms with van der Waals surface area (Å²) in [5, 5.41) is 0. The maximum Gasteiger partial charge on any atom is 0.0124 e. The van der Waals surface area contributed by atoms with E-state index in [1.165, 1.54) is 70.8 Å². The van der Waals surface area contributed by atoms with Crippen LogP contribution in [0.4, 0.5) is 0 Å². The fourth-order valence-corrected chi connectivity index (χ4v) is 4.32. The number of unbranched alkanes of at least 4 members (excludes halogenated alkanes) is 3. The van der Waals surface area contributed by atoms with Crippen LogP contribution in [0.15, 0.2) is 12.7 Å². The van der Waals surface area contributed by atoms with Gasteiger partial charge in [-0.1, -0.05) is 45.6 Å². The molecule has 2 fully saturated rings. The lowest BCUT2D eigenvalue weighted by molar-refractivity contribution is 0.0750. The molecule has 2 rings (SSSR count). The van der Waals surface area contributed by atoms with Gasteiger partial charge in [-0.2, -0.15) is 0 Å². The van der Waals surface area contributed by atoms with Gasteiger partial charge in [-0.3, -0.25) is 4.90 Å². The Labute approximate surface area is 126 Å². The Balaban J connectivity index is 1.58. The highest BCUT2D eigenvalue weighted by Crippen LogP contribution is 2.36. The third-order valence-electron chi connectivity index (χ3n) is 5.77. The van der Waals surface area contributed by atoms with E-state index in [4.69, 9.17) is 0 Å². The van der Waals surface area contributed by atoms with E-state index < -0.39 is 0 Å². The second-order valence-corrected chi connectivity index (χ2v) is 7.36. The van der Waals surface area contributed by atoms with E-state index in [0.717, 1.165) is 18.0 Å². The lowest BCUT2D eigenvalue weighted by Gasteiger charge is -2.41. The zero-order chi connectivity index (χ0) is 14.4. The van der Waals surface area contributed by atoms with Gasteiger partial charge >= 0.3 is 0 Å². The van der Waals surface area contributed by atoms with E-state index in [-0.39, 0.29) is 0 Å². The van der Waals surface area contributed by atoms with Gasteiger partial charge in [0.1, 0.15) is 0 Å². The third-order valence-corrected chi connectivity index (χ3v) is 5.77. The first-order chi connectivity index (χ1) is 9.72. The Kier molecular flexibility index (Phi) is 6.61. The van der Waals surface area contributed by atoms with E-state index in [9.17, 15) is 0 Å². The fraction of sp³-hybridized carbons (Fsp3) is 0.895. The van der Waals surface area contributed by atoms with Gasteiger partial charge in [0.15, 0.2) is 0 Å². The van der Waals surface area contributed by atoms with Gasteiger partial charge in [-0.05, 0) is 56.9 Å². The molecule has 1 heteroatoms. The van der Waals surface area contributed by atoms with Crippen LogP contribution in [0.25, 0.3) is 0 Å². The fourth-order valence-electron chi connectivity index (χ4n) is 4.32. The monoisotopic (exact) mass is 277 g/mol. The van der Waals surface area contributed by atoms with Crippen molar-refractivity contribution in [1.82, 2.24) is 4.90 Å². The summed E-state index contributed by atoms with van der Waals surface area (Å²) in [5.41, 5.74) is 0. The van der Waals surface area contributed by atoms with Crippen molar-refractivity contribution in [2.75, 3.05) is 6.54 Å². The summed E-state index contributed by atoms with van der Waals surface area (Å²) in [5.74, 6) is 1.66. The van der Waals surface area contributed by atoms with Gasteiger partial charge in [0.05, 0.1) is 0 Å². The maximum atomic E-state index is 3.87. The minimum atomic E-state index is 0.709. The quantitative estimate of drug-likeness (QED) is 0.423. The molecule has 1 nitrogen and oxygen atoms in total. The highest BCUT2D eigenvalue weighted by Gasteiger charge is 2.37. The molecule has 0 amide bonds. The predicted octanol–water partition coefficient (Wildman–Crippen LogP) is 5.41. The SMILES string of the molecule is C=C[C@@H](C)CCCCCCC1CCC(C)C2CCCN12. The smallest absolute Gasteiger partial charge is 0.0124 e. The highest BCUT2D eigenvalue weighted by atomic mass is 15.2. The van der Waals surface area contributed by atoms with Gasteiger partial charge in [0.2, 0.25) is 0 Å². The molecule has 116 valence electrons. The van der Waals surface area contributed by atoms with Gasteiger partial charge in [-0.25, -0.2) is 0 Å². The van der Waals surface area contributed by atoms with Crippen LogP contribution in [0.3, 0.4) is 0 Å². The Bertz CT molecular complexity index is 285. The van der Waals surface area contributed by atoms with Crippen LogP contribution >= 0.6 is 0 Å². The molecular weight excluding hydrogens is 242 g/mol. The first-order valence-electron chi connectivity index (χ1n) is 9.10. The molecule has 0 saturated carbocycles.